The maximum absolute atomic E-state index is 11.9. The fourth-order valence-electron chi connectivity index (χ4n) is 1.91. The Balaban J connectivity index is 0.000000505. The fraction of sp³-hybridized carbons (Fsp3) is 0.625. The lowest BCUT2D eigenvalue weighted by atomic mass is 10.2. The molecule has 7 nitrogen and oxygen atoms in total. The van der Waals surface area contributed by atoms with Gasteiger partial charge in [-0.1, -0.05) is 17.7 Å². The molecule has 0 unspecified atom stereocenters. The second-order valence-electron chi connectivity index (χ2n) is 6.05. The van der Waals surface area contributed by atoms with Crippen LogP contribution in [0.2, 0.25) is 0 Å². The molecule has 138 valence electrons. The highest BCUT2D eigenvalue weighted by Crippen LogP contribution is 2.22. The number of hydrogen-bond acceptors (Lipinski definition) is 7. The Morgan fingerprint density at radius 2 is 1.75 bits per heavy atom. The van der Waals surface area contributed by atoms with E-state index in [0.29, 0.717) is 0 Å². The number of methoxy groups -OCH3 is 1. The Morgan fingerprint density at radius 1 is 1.21 bits per heavy atom. The zero-order valence-electron chi connectivity index (χ0n) is 14.4. The number of ether oxygens (including phenoxy) is 2. The summed E-state index contributed by atoms with van der Waals surface area (Å²) < 4.78 is 39.4. The first-order valence-corrected chi connectivity index (χ1v) is 9.01. The maximum atomic E-state index is 11.9. The Bertz CT molecular complexity index is 584. The van der Waals surface area contributed by atoms with Crippen molar-refractivity contribution in [2.24, 2.45) is 0 Å². The van der Waals surface area contributed by atoms with E-state index >= 15 is 0 Å². The lowest BCUT2D eigenvalue weighted by molar-refractivity contribution is -0.127. The van der Waals surface area contributed by atoms with Gasteiger partial charge in [-0.2, -0.15) is 8.42 Å². The molecule has 2 N–H and O–H groups in total. The molecule has 1 aromatic rings. The zero-order valence-corrected chi connectivity index (χ0v) is 15.2. The molecule has 8 heteroatoms. The van der Waals surface area contributed by atoms with Crippen LogP contribution in [-0.4, -0.2) is 50.5 Å². The van der Waals surface area contributed by atoms with Crippen LogP contribution in [0.3, 0.4) is 0 Å². The lowest BCUT2D eigenvalue weighted by Gasteiger charge is -2.12. The minimum absolute atomic E-state index is 0.0239. The second-order valence-corrected chi connectivity index (χ2v) is 7.66. The quantitative estimate of drug-likeness (QED) is 0.605. The molecular formula is C16H26O7S. The number of aliphatic hydroxyl groups is 2. The van der Waals surface area contributed by atoms with Crippen LogP contribution in [0.1, 0.15) is 32.3 Å². The van der Waals surface area contributed by atoms with Gasteiger partial charge >= 0.3 is 0 Å². The molecule has 1 heterocycles. The van der Waals surface area contributed by atoms with Gasteiger partial charge in [-0.25, -0.2) is 0 Å². The van der Waals surface area contributed by atoms with Crippen molar-refractivity contribution in [1.29, 1.82) is 0 Å². The summed E-state index contributed by atoms with van der Waals surface area (Å²) in [7, 11) is -2.14. The average molecular weight is 362 g/mol. The SMILES string of the molecule is CC(C)(O)O.CO[C@H]1CC[C@@H](COS(=O)(=O)c2ccc(C)cc2)O1. The van der Waals surface area contributed by atoms with Crippen LogP contribution >= 0.6 is 0 Å². The summed E-state index contributed by atoms with van der Waals surface area (Å²) in [6.45, 7) is 4.52. The van der Waals surface area contributed by atoms with Gasteiger partial charge in [0.2, 0.25) is 0 Å². The smallest absolute Gasteiger partial charge is 0.297 e. The van der Waals surface area contributed by atoms with Crippen LogP contribution in [0, 0.1) is 6.92 Å². The highest BCUT2D eigenvalue weighted by Gasteiger charge is 2.27. The Hall–Kier alpha value is -1.03. The summed E-state index contributed by atoms with van der Waals surface area (Å²) >= 11 is 0. The molecule has 1 aliphatic rings. The van der Waals surface area contributed by atoms with Crippen molar-refractivity contribution in [3.63, 3.8) is 0 Å². The van der Waals surface area contributed by atoms with Gasteiger partial charge in [0, 0.05) is 13.5 Å². The molecule has 0 aromatic heterocycles. The first-order valence-electron chi connectivity index (χ1n) is 7.60. The topological polar surface area (TPSA) is 102 Å². The van der Waals surface area contributed by atoms with Gasteiger partial charge in [0.1, 0.15) is 0 Å². The van der Waals surface area contributed by atoms with E-state index in [0.717, 1.165) is 18.4 Å². The van der Waals surface area contributed by atoms with Crippen molar-refractivity contribution in [1.82, 2.24) is 0 Å². The molecule has 24 heavy (non-hydrogen) atoms. The van der Waals surface area contributed by atoms with Crippen molar-refractivity contribution in [3.05, 3.63) is 29.8 Å². The predicted octanol–water partition coefficient (Wildman–Crippen LogP) is 1.56. The fourth-order valence-corrected chi connectivity index (χ4v) is 2.84. The Morgan fingerprint density at radius 3 is 2.21 bits per heavy atom. The molecule has 1 saturated heterocycles. The first kappa shape index (κ1) is 21.0. The minimum atomic E-state index is -3.71. The number of aryl methyl sites for hydroxylation is 1. The predicted molar refractivity (Wildman–Crippen MR) is 87.7 cm³/mol. The van der Waals surface area contributed by atoms with E-state index in [9.17, 15) is 8.42 Å². The van der Waals surface area contributed by atoms with E-state index < -0.39 is 15.9 Å². The maximum Gasteiger partial charge on any atom is 0.297 e. The van der Waals surface area contributed by atoms with Gasteiger partial charge in [0.15, 0.2) is 12.1 Å². The highest BCUT2D eigenvalue weighted by atomic mass is 32.2. The van der Waals surface area contributed by atoms with E-state index in [4.69, 9.17) is 23.9 Å². The summed E-state index contributed by atoms with van der Waals surface area (Å²) in [5.41, 5.74) is 1.00. The zero-order chi connectivity index (χ0) is 18.4. The minimum Gasteiger partial charge on any atom is -0.366 e. The lowest BCUT2D eigenvalue weighted by Crippen LogP contribution is -2.20. The molecule has 0 bridgehead atoms. The third-order valence-corrected chi connectivity index (χ3v) is 4.35. The van der Waals surface area contributed by atoms with Gasteiger partial charge in [-0.05, 0) is 39.3 Å². The van der Waals surface area contributed by atoms with Crippen LogP contribution in [-0.2, 0) is 23.8 Å². The molecule has 0 aliphatic carbocycles. The van der Waals surface area contributed by atoms with Crippen LogP contribution < -0.4 is 0 Å². The van der Waals surface area contributed by atoms with Gasteiger partial charge in [0.25, 0.3) is 10.1 Å². The van der Waals surface area contributed by atoms with Crippen molar-refractivity contribution in [2.45, 2.75) is 56.7 Å². The summed E-state index contributed by atoms with van der Waals surface area (Å²) in [5.74, 6) is -1.50. The van der Waals surface area contributed by atoms with Gasteiger partial charge < -0.3 is 19.7 Å². The molecule has 0 radical (unpaired) electrons. The third-order valence-electron chi connectivity index (χ3n) is 3.05. The molecule has 0 saturated carbocycles. The highest BCUT2D eigenvalue weighted by molar-refractivity contribution is 7.86. The van der Waals surface area contributed by atoms with E-state index in [2.05, 4.69) is 0 Å². The largest absolute Gasteiger partial charge is 0.366 e. The Labute approximate surface area is 143 Å². The average Bonchev–Trinajstić information content (AvgIpc) is 2.92. The standard InChI is InChI=1S/C13H18O5S.C3H8O2/c1-10-3-6-12(7-4-10)19(14,15)17-9-11-5-8-13(16-2)18-11;1-3(2,4)5/h3-4,6-7,11,13H,5,8-9H2,1-2H3;4-5H,1-2H3/t11-,13+;/m0./s1. The number of hydrogen-bond donors (Lipinski definition) is 2. The van der Waals surface area contributed by atoms with Gasteiger partial charge in [-0.3, -0.25) is 4.18 Å². The normalized spacial score (nSPS) is 21.2. The van der Waals surface area contributed by atoms with E-state index in [1.807, 2.05) is 6.92 Å². The molecule has 0 amide bonds. The summed E-state index contributed by atoms with van der Waals surface area (Å²) in [6.07, 6.45) is 1.01. The molecule has 1 fully saturated rings. The number of benzene rings is 1. The third kappa shape index (κ3) is 8.18. The van der Waals surface area contributed by atoms with Crippen molar-refractivity contribution >= 4 is 10.1 Å². The number of rotatable bonds is 5. The summed E-state index contributed by atoms with van der Waals surface area (Å²) in [4.78, 5) is 0.166. The monoisotopic (exact) mass is 362 g/mol. The van der Waals surface area contributed by atoms with Crippen LogP contribution in [0.25, 0.3) is 0 Å². The molecule has 1 aromatic carbocycles. The Kier molecular flexibility index (Phi) is 7.78. The first-order chi connectivity index (χ1) is 11.0. The second kappa shape index (κ2) is 8.89. The molecule has 1 aliphatic heterocycles. The van der Waals surface area contributed by atoms with Crippen LogP contribution in [0.15, 0.2) is 29.2 Å². The van der Waals surface area contributed by atoms with Gasteiger partial charge in [0.05, 0.1) is 17.6 Å². The van der Waals surface area contributed by atoms with E-state index in [1.54, 1.807) is 19.2 Å². The van der Waals surface area contributed by atoms with E-state index in [-0.39, 0.29) is 23.9 Å². The summed E-state index contributed by atoms with van der Waals surface area (Å²) in [6, 6.07) is 6.56. The molecule has 2 atom stereocenters. The molecular weight excluding hydrogens is 336 g/mol. The van der Waals surface area contributed by atoms with Crippen molar-refractivity contribution in [2.75, 3.05) is 13.7 Å². The van der Waals surface area contributed by atoms with Crippen LogP contribution in [0.5, 0.6) is 0 Å². The molecule has 0 spiro atoms. The van der Waals surface area contributed by atoms with Crippen LogP contribution in [0.4, 0.5) is 0 Å². The van der Waals surface area contributed by atoms with Crippen molar-refractivity contribution < 1.29 is 32.3 Å². The summed E-state index contributed by atoms with van der Waals surface area (Å²) in [5, 5.41) is 16.2. The molecule has 2 rings (SSSR count). The van der Waals surface area contributed by atoms with E-state index in [1.165, 1.54) is 26.0 Å². The van der Waals surface area contributed by atoms with Gasteiger partial charge in [-0.15, -0.1) is 0 Å². The van der Waals surface area contributed by atoms with Crippen molar-refractivity contribution in [3.8, 4) is 0 Å².